The highest BCUT2D eigenvalue weighted by Gasteiger charge is 2.36. The Labute approximate surface area is 226 Å². The molecule has 2 fully saturated rings. The fraction of sp³-hybridized carbons (Fsp3) is 0.345. The summed E-state index contributed by atoms with van der Waals surface area (Å²) in [5.74, 6) is 0.178. The highest BCUT2D eigenvalue weighted by atomic mass is 16.5. The molecular weight excluding hydrogens is 498 g/mol. The fourth-order valence-electron chi connectivity index (χ4n) is 5.23. The number of hydrogen-bond acceptors (Lipinski definition) is 6. The highest BCUT2D eigenvalue weighted by molar-refractivity contribution is 6.04. The largest absolute Gasteiger partial charge is 0.488 e. The van der Waals surface area contributed by atoms with Gasteiger partial charge < -0.3 is 20.3 Å². The minimum Gasteiger partial charge on any atom is -0.488 e. The van der Waals surface area contributed by atoms with Crippen molar-refractivity contribution < 1.29 is 23.9 Å². The van der Waals surface area contributed by atoms with Crippen LogP contribution in [0.3, 0.4) is 0 Å². The number of nitrogens with one attached hydrogen (secondary N) is 3. The van der Waals surface area contributed by atoms with Crippen molar-refractivity contribution in [2.45, 2.75) is 44.9 Å². The number of fused-ring (bicyclic) bond motifs is 1. The van der Waals surface area contributed by atoms with Gasteiger partial charge in [0.1, 0.15) is 18.4 Å². The Morgan fingerprint density at radius 2 is 1.85 bits per heavy atom. The van der Waals surface area contributed by atoms with E-state index in [1.807, 2.05) is 42.5 Å². The van der Waals surface area contributed by atoms with Crippen LogP contribution in [0.5, 0.6) is 5.75 Å². The molecule has 10 nitrogen and oxygen atoms in total. The van der Waals surface area contributed by atoms with Crippen molar-refractivity contribution >= 4 is 34.7 Å². The summed E-state index contributed by atoms with van der Waals surface area (Å²) >= 11 is 0. The molecule has 5 amide bonds. The van der Waals surface area contributed by atoms with Crippen LogP contribution in [-0.2, 0) is 16.2 Å². The molecule has 0 aliphatic carbocycles. The number of pyridine rings is 1. The van der Waals surface area contributed by atoms with Crippen molar-refractivity contribution in [1.29, 1.82) is 0 Å². The summed E-state index contributed by atoms with van der Waals surface area (Å²) < 4.78 is 6.03. The number of rotatable bonds is 8. The van der Waals surface area contributed by atoms with E-state index in [0.29, 0.717) is 38.1 Å². The van der Waals surface area contributed by atoms with Gasteiger partial charge in [0.15, 0.2) is 0 Å². The Morgan fingerprint density at radius 1 is 1.08 bits per heavy atom. The molecule has 3 aromatic rings. The van der Waals surface area contributed by atoms with Gasteiger partial charge in [0.25, 0.3) is 11.8 Å². The smallest absolute Gasteiger partial charge is 0.322 e. The van der Waals surface area contributed by atoms with Gasteiger partial charge in [0.05, 0.1) is 5.52 Å². The number of benzene rings is 2. The minimum atomic E-state index is -0.711. The maximum absolute atomic E-state index is 13.2. The maximum atomic E-state index is 13.2. The van der Waals surface area contributed by atoms with Crippen molar-refractivity contribution in [2.24, 2.45) is 5.92 Å². The van der Waals surface area contributed by atoms with Crippen LogP contribution in [0.15, 0.2) is 60.8 Å². The van der Waals surface area contributed by atoms with E-state index in [0.717, 1.165) is 22.2 Å². The van der Waals surface area contributed by atoms with Gasteiger partial charge in [-0.05, 0) is 67.1 Å². The normalized spacial score (nSPS) is 18.4. The second-order valence-electron chi connectivity index (χ2n) is 9.99. The first-order chi connectivity index (χ1) is 18.9. The van der Waals surface area contributed by atoms with Gasteiger partial charge in [-0.15, -0.1) is 0 Å². The number of nitrogens with zero attached hydrogens (tertiary/aromatic N) is 2. The van der Waals surface area contributed by atoms with E-state index in [4.69, 9.17) is 4.74 Å². The van der Waals surface area contributed by atoms with Gasteiger partial charge in [-0.3, -0.25) is 24.7 Å². The molecule has 2 unspecified atom stereocenters. The minimum absolute atomic E-state index is 0.0256. The summed E-state index contributed by atoms with van der Waals surface area (Å²) in [4.78, 5) is 55.0. The van der Waals surface area contributed by atoms with Crippen LogP contribution in [-0.4, -0.2) is 58.8 Å². The van der Waals surface area contributed by atoms with Crippen LogP contribution in [0.1, 0.15) is 42.1 Å². The molecule has 0 saturated carbocycles. The van der Waals surface area contributed by atoms with Crippen LogP contribution in [0.2, 0.25) is 0 Å². The maximum Gasteiger partial charge on any atom is 0.322 e. The first-order valence-electron chi connectivity index (χ1n) is 13.1. The third kappa shape index (κ3) is 6.17. The lowest BCUT2D eigenvalue weighted by Crippen LogP contribution is -2.49. The Balaban J connectivity index is 1.23. The molecule has 5 rings (SSSR count). The van der Waals surface area contributed by atoms with Gasteiger partial charge in [-0.2, -0.15) is 0 Å². The zero-order chi connectivity index (χ0) is 27.4. The number of carbonyl (C=O) groups is 4. The van der Waals surface area contributed by atoms with E-state index in [1.54, 1.807) is 30.2 Å². The number of hydrogen-bond donors (Lipinski definition) is 3. The highest BCUT2D eigenvalue weighted by Crippen LogP contribution is 2.26. The number of ether oxygens (including phenoxy) is 1. The second kappa shape index (κ2) is 11.5. The van der Waals surface area contributed by atoms with E-state index < -0.39 is 18.0 Å². The van der Waals surface area contributed by atoms with E-state index in [9.17, 15) is 19.2 Å². The molecule has 2 aliphatic heterocycles. The van der Waals surface area contributed by atoms with Crippen LogP contribution in [0.25, 0.3) is 10.9 Å². The lowest BCUT2D eigenvalue weighted by Gasteiger charge is -2.36. The molecule has 39 heavy (non-hydrogen) atoms. The average Bonchev–Trinajstić information content (AvgIpc) is 3.27. The fourth-order valence-corrected chi connectivity index (χ4v) is 5.23. The van der Waals surface area contributed by atoms with E-state index in [2.05, 4.69) is 20.9 Å². The monoisotopic (exact) mass is 529 g/mol. The van der Waals surface area contributed by atoms with Gasteiger partial charge in [0.2, 0.25) is 5.91 Å². The third-order valence-electron chi connectivity index (χ3n) is 7.43. The number of urea groups is 1. The molecule has 3 heterocycles. The number of imide groups is 1. The predicted octanol–water partition coefficient (Wildman–Crippen LogP) is 2.77. The summed E-state index contributed by atoms with van der Waals surface area (Å²) in [6, 6.07) is 15.2. The van der Waals surface area contributed by atoms with Crippen LogP contribution >= 0.6 is 0 Å². The number of aromatic nitrogens is 1. The second-order valence-corrected chi connectivity index (χ2v) is 9.99. The quantitative estimate of drug-likeness (QED) is 0.385. The van der Waals surface area contributed by atoms with Crippen LogP contribution < -0.4 is 20.7 Å². The number of likely N-dealkylation sites (tertiary alicyclic amines) is 1. The van der Waals surface area contributed by atoms with Crippen molar-refractivity contribution in [1.82, 2.24) is 25.8 Å². The Kier molecular flexibility index (Phi) is 7.72. The molecule has 1 aromatic heterocycles. The van der Waals surface area contributed by atoms with Crippen molar-refractivity contribution in [3.05, 3.63) is 71.9 Å². The average molecular weight is 530 g/mol. The van der Waals surface area contributed by atoms with E-state index in [-0.39, 0.29) is 30.2 Å². The summed E-state index contributed by atoms with van der Waals surface area (Å²) in [5, 5.41) is 8.91. The summed E-state index contributed by atoms with van der Waals surface area (Å²) in [5.41, 5.74) is 2.25. The van der Waals surface area contributed by atoms with Gasteiger partial charge in [-0.25, -0.2) is 4.79 Å². The molecule has 202 valence electrons. The third-order valence-corrected chi connectivity index (χ3v) is 7.43. The molecule has 2 aromatic carbocycles. The predicted molar refractivity (Wildman–Crippen MR) is 144 cm³/mol. The zero-order valence-electron chi connectivity index (χ0n) is 21.7. The Hall–Kier alpha value is -4.47. The molecule has 0 bridgehead atoms. The molecule has 2 aliphatic rings. The summed E-state index contributed by atoms with van der Waals surface area (Å²) in [6.45, 7) is 3.07. The molecule has 2 atom stereocenters. The van der Waals surface area contributed by atoms with Gasteiger partial charge in [-0.1, -0.05) is 18.2 Å². The van der Waals surface area contributed by atoms with Crippen LogP contribution in [0, 0.1) is 5.92 Å². The van der Waals surface area contributed by atoms with E-state index in [1.165, 1.54) is 0 Å². The van der Waals surface area contributed by atoms with Crippen molar-refractivity contribution in [3.63, 3.8) is 0 Å². The molecule has 10 heteroatoms. The number of amides is 5. The lowest BCUT2D eigenvalue weighted by molar-refractivity contribution is -0.130. The zero-order valence-corrected chi connectivity index (χ0v) is 21.7. The molecule has 2 saturated heterocycles. The topological polar surface area (TPSA) is 130 Å². The molecule has 3 N–H and O–H groups in total. The first kappa shape index (κ1) is 26.1. The van der Waals surface area contributed by atoms with Crippen LogP contribution in [0.4, 0.5) is 4.79 Å². The SMILES string of the molecule is CC(=O)N1CCC(C(CC2NC(=O)NC2=O)NC(=O)c2ccc(COc3cccc4ncccc34)cc2)CC1. The lowest BCUT2D eigenvalue weighted by atomic mass is 9.85. The Bertz CT molecular complexity index is 1380. The van der Waals surface area contributed by atoms with E-state index >= 15 is 0 Å². The van der Waals surface area contributed by atoms with Crippen molar-refractivity contribution in [3.8, 4) is 5.75 Å². The molecule has 0 spiro atoms. The number of piperidine rings is 1. The first-order valence-corrected chi connectivity index (χ1v) is 13.1. The van der Waals surface area contributed by atoms with Crippen molar-refractivity contribution in [2.75, 3.05) is 13.1 Å². The van der Waals surface area contributed by atoms with Gasteiger partial charge in [0, 0.05) is 43.2 Å². The summed E-state index contributed by atoms with van der Waals surface area (Å²) in [6.07, 6.45) is 3.42. The molecular formula is C29H31N5O5. The van der Waals surface area contributed by atoms with Gasteiger partial charge >= 0.3 is 6.03 Å². The molecule has 0 radical (unpaired) electrons. The standard InChI is InChI=1S/C29H31N5O5/c1-18(35)34-14-11-20(12-15-34)24(16-25-28(37)33-29(38)32-25)31-27(36)21-9-7-19(8-10-21)17-39-26-6-2-5-23-22(26)4-3-13-30-23/h2-10,13,20,24-25H,11-12,14-17H2,1H3,(H,31,36)(H2,32,33,37,38). The number of carbonyl (C=O) groups excluding carboxylic acids is 4. The Morgan fingerprint density at radius 3 is 2.54 bits per heavy atom. The summed E-state index contributed by atoms with van der Waals surface area (Å²) in [7, 11) is 0.